The van der Waals surface area contributed by atoms with Crippen molar-refractivity contribution in [2.75, 3.05) is 0 Å². The van der Waals surface area contributed by atoms with E-state index in [0.29, 0.717) is 17.2 Å². The van der Waals surface area contributed by atoms with Crippen molar-refractivity contribution in [3.05, 3.63) is 64.7 Å². The Balaban J connectivity index is 1.73. The van der Waals surface area contributed by atoms with E-state index in [2.05, 4.69) is 51.1 Å². The van der Waals surface area contributed by atoms with Crippen LogP contribution < -0.4 is 4.74 Å². The van der Waals surface area contributed by atoms with Gasteiger partial charge in [-0.15, -0.1) is 0 Å². The molecule has 3 nitrogen and oxygen atoms in total. The van der Waals surface area contributed by atoms with E-state index < -0.39 is 5.41 Å². The zero-order chi connectivity index (χ0) is 27.2. The largest absolute Gasteiger partial charge is 0.424 e. The number of carbonyl (C=O) groups is 1. The van der Waals surface area contributed by atoms with Gasteiger partial charge in [0.05, 0.1) is 11.0 Å². The maximum Gasteiger partial charge on any atom is 0.321 e. The highest BCUT2D eigenvalue weighted by Gasteiger charge is 2.43. The van der Waals surface area contributed by atoms with Crippen LogP contribution in [0.15, 0.2) is 42.5 Å². The first kappa shape index (κ1) is 29.9. The van der Waals surface area contributed by atoms with E-state index in [0.717, 1.165) is 62.5 Å². The molecule has 206 valence electrons. The second-order valence-electron chi connectivity index (χ2n) is 11.5. The second kappa shape index (κ2) is 15.7. The normalized spacial score (nSPS) is 15.5. The molecule has 38 heavy (non-hydrogen) atoms. The zero-order valence-electron chi connectivity index (χ0n) is 24.2. The number of hydrogen-bond donors (Lipinski definition) is 0. The number of hydrogen-bond acceptors (Lipinski definition) is 3. The Morgan fingerprint density at radius 1 is 0.895 bits per heavy atom. The Bertz CT molecular complexity index is 1030. The fraction of sp³-hybridized carbons (Fsp3) is 0.600. The van der Waals surface area contributed by atoms with Crippen molar-refractivity contribution < 1.29 is 9.53 Å². The van der Waals surface area contributed by atoms with Gasteiger partial charge >= 0.3 is 5.97 Å². The van der Waals surface area contributed by atoms with Crippen LogP contribution in [0, 0.1) is 17.2 Å². The van der Waals surface area contributed by atoms with E-state index in [4.69, 9.17) is 4.74 Å². The Morgan fingerprint density at radius 3 is 2.24 bits per heavy atom. The van der Waals surface area contributed by atoms with Crippen LogP contribution >= 0.6 is 0 Å². The molecule has 2 aromatic rings. The van der Waals surface area contributed by atoms with Gasteiger partial charge in [0.25, 0.3) is 0 Å². The summed E-state index contributed by atoms with van der Waals surface area (Å²) in [5.41, 5.74) is 3.40. The Hall–Kier alpha value is -2.60. The van der Waals surface area contributed by atoms with Crippen molar-refractivity contribution in [3.8, 4) is 11.8 Å². The number of nitriles is 1. The Kier molecular flexibility index (Phi) is 12.4. The molecule has 0 aromatic heterocycles. The van der Waals surface area contributed by atoms with Crippen molar-refractivity contribution in [2.24, 2.45) is 5.92 Å². The summed E-state index contributed by atoms with van der Waals surface area (Å²) in [5.74, 6) is 0.819. The molecule has 0 spiro atoms. The van der Waals surface area contributed by atoms with Gasteiger partial charge in [0.2, 0.25) is 0 Å². The maximum atomic E-state index is 13.8. The molecule has 2 aromatic carbocycles. The third-order valence-electron chi connectivity index (χ3n) is 8.61. The number of esters is 1. The van der Waals surface area contributed by atoms with E-state index in [9.17, 15) is 10.1 Å². The molecule has 1 atom stereocenters. The summed E-state index contributed by atoms with van der Waals surface area (Å²) in [4.78, 5) is 13.8. The molecule has 3 heteroatoms. The van der Waals surface area contributed by atoms with Gasteiger partial charge < -0.3 is 4.74 Å². The Morgan fingerprint density at radius 2 is 1.58 bits per heavy atom. The molecule has 1 unspecified atom stereocenters. The summed E-state index contributed by atoms with van der Waals surface area (Å²) < 4.78 is 6.06. The molecule has 1 aliphatic carbocycles. The summed E-state index contributed by atoms with van der Waals surface area (Å²) in [7, 11) is 0. The SMILES string of the molecule is CCCCCCCc1ccc(C2(C(=O)Oc3ccc(CC(CC)CCCC)cc3C#N)CCCCC2)cc1. The lowest BCUT2D eigenvalue weighted by atomic mass is 9.69. The van der Waals surface area contributed by atoms with E-state index in [1.807, 2.05) is 18.2 Å². The van der Waals surface area contributed by atoms with Gasteiger partial charge in [0.15, 0.2) is 0 Å². The fourth-order valence-corrected chi connectivity index (χ4v) is 6.04. The molecular formula is C35H49NO2. The number of carbonyl (C=O) groups excluding carboxylic acids is 1. The quantitative estimate of drug-likeness (QED) is 0.135. The molecule has 1 aliphatic rings. The highest BCUT2D eigenvalue weighted by atomic mass is 16.5. The fourth-order valence-electron chi connectivity index (χ4n) is 6.04. The minimum absolute atomic E-state index is 0.205. The smallest absolute Gasteiger partial charge is 0.321 e. The number of benzene rings is 2. The lowest BCUT2D eigenvalue weighted by Crippen LogP contribution is -2.41. The third kappa shape index (κ3) is 8.20. The lowest BCUT2D eigenvalue weighted by molar-refractivity contribution is -0.142. The molecule has 0 saturated heterocycles. The van der Waals surface area contributed by atoms with Crippen LogP contribution in [0.5, 0.6) is 5.75 Å². The summed E-state index contributed by atoms with van der Waals surface area (Å²) in [6.45, 7) is 6.72. The van der Waals surface area contributed by atoms with Gasteiger partial charge in [-0.1, -0.05) is 122 Å². The summed E-state index contributed by atoms with van der Waals surface area (Å²) in [6, 6.07) is 16.8. The molecular weight excluding hydrogens is 466 g/mol. The van der Waals surface area contributed by atoms with Crippen LogP contribution in [-0.2, 0) is 23.1 Å². The standard InChI is InChI=1S/C35H49NO2/c1-4-7-9-10-12-16-29-17-20-32(21-18-29)35(23-13-11-14-24-35)34(37)38-33-22-19-30(26-31(33)27-36)25-28(6-3)15-8-5-2/h17-22,26,28H,4-16,23-25H2,1-3H3. The Labute approximate surface area is 232 Å². The summed E-state index contributed by atoms with van der Waals surface area (Å²) in [6.07, 6.45) is 18.1. The topological polar surface area (TPSA) is 50.1 Å². The number of ether oxygens (including phenoxy) is 1. The van der Waals surface area contributed by atoms with Gasteiger partial charge in [-0.25, -0.2) is 0 Å². The second-order valence-corrected chi connectivity index (χ2v) is 11.5. The molecule has 0 heterocycles. The van der Waals surface area contributed by atoms with Crippen LogP contribution in [-0.4, -0.2) is 5.97 Å². The van der Waals surface area contributed by atoms with Crippen LogP contribution in [0.2, 0.25) is 0 Å². The predicted octanol–water partition coefficient (Wildman–Crippen LogP) is 9.64. The van der Waals surface area contributed by atoms with Gasteiger partial charge in [-0.3, -0.25) is 4.79 Å². The summed E-state index contributed by atoms with van der Waals surface area (Å²) in [5, 5.41) is 9.89. The molecule has 1 fully saturated rings. The minimum Gasteiger partial charge on any atom is -0.424 e. The molecule has 1 saturated carbocycles. The van der Waals surface area contributed by atoms with E-state index in [-0.39, 0.29) is 5.97 Å². The lowest BCUT2D eigenvalue weighted by Gasteiger charge is -2.35. The highest BCUT2D eigenvalue weighted by Crippen LogP contribution is 2.41. The van der Waals surface area contributed by atoms with E-state index >= 15 is 0 Å². The first-order chi connectivity index (χ1) is 18.6. The third-order valence-corrected chi connectivity index (χ3v) is 8.61. The van der Waals surface area contributed by atoms with Crippen molar-refractivity contribution in [1.82, 2.24) is 0 Å². The zero-order valence-corrected chi connectivity index (χ0v) is 24.2. The van der Waals surface area contributed by atoms with Gasteiger partial charge in [-0.2, -0.15) is 5.26 Å². The number of aryl methyl sites for hydroxylation is 1. The van der Waals surface area contributed by atoms with Crippen molar-refractivity contribution >= 4 is 5.97 Å². The summed E-state index contributed by atoms with van der Waals surface area (Å²) >= 11 is 0. The number of nitrogens with zero attached hydrogens (tertiary/aromatic N) is 1. The van der Waals surface area contributed by atoms with Crippen LogP contribution in [0.25, 0.3) is 0 Å². The first-order valence-electron chi connectivity index (χ1n) is 15.4. The van der Waals surface area contributed by atoms with E-state index in [1.54, 1.807) is 0 Å². The van der Waals surface area contributed by atoms with Gasteiger partial charge in [0.1, 0.15) is 11.8 Å². The molecule has 0 amide bonds. The molecule has 0 N–H and O–H groups in total. The molecule has 3 rings (SSSR count). The van der Waals surface area contributed by atoms with Gasteiger partial charge in [0, 0.05) is 0 Å². The number of unbranched alkanes of at least 4 members (excludes halogenated alkanes) is 5. The van der Waals surface area contributed by atoms with E-state index in [1.165, 1.54) is 56.9 Å². The number of rotatable bonds is 15. The minimum atomic E-state index is -0.628. The predicted molar refractivity (Wildman–Crippen MR) is 157 cm³/mol. The van der Waals surface area contributed by atoms with Crippen molar-refractivity contribution in [3.63, 3.8) is 0 Å². The first-order valence-corrected chi connectivity index (χ1v) is 15.4. The monoisotopic (exact) mass is 515 g/mol. The van der Waals surface area contributed by atoms with Gasteiger partial charge in [-0.05, 0) is 66.8 Å². The van der Waals surface area contributed by atoms with Crippen LogP contribution in [0.3, 0.4) is 0 Å². The highest BCUT2D eigenvalue weighted by molar-refractivity contribution is 5.85. The average Bonchev–Trinajstić information content (AvgIpc) is 2.96. The average molecular weight is 516 g/mol. The molecule has 0 radical (unpaired) electrons. The molecule has 0 aliphatic heterocycles. The van der Waals surface area contributed by atoms with Crippen molar-refractivity contribution in [1.29, 1.82) is 5.26 Å². The van der Waals surface area contributed by atoms with Crippen LogP contribution in [0.1, 0.15) is 133 Å². The molecule has 0 bridgehead atoms. The maximum absolute atomic E-state index is 13.8. The van der Waals surface area contributed by atoms with Crippen molar-refractivity contribution in [2.45, 2.75) is 129 Å². The van der Waals surface area contributed by atoms with Crippen LogP contribution in [0.4, 0.5) is 0 Å².